The van der Waals surface area contributed by atoms with E-state index in [0.29, 0.717) is 0 Å². The zero-order valence-electron chi connectivity index (χ0n) is 9.21. The quantitative estimate of drug-likeness (QED) is 0.832. The third kappa shape index (κ3) is 1.69. The fourth-order valence-corrected chi connectivity index (χ4v) is 2.69. The number of ether oxygens (including phenoxy) is 1. The average molecular weight is 221 g/mol. The van der Waals surface area contributed by atoms with Crippen LogP contribution in [-0.2, 0) is 6.42 Å². The van der Waals surface area contributed by atoms with E-state index in [-0.39, 0.29) is 17.5 Å². The second-order valence-corrected chi connectivity index (χ2v) is 5.12. The second-order valence-electron chi connectivity index (χ2n) is 5.12. The number of nitrogens with two attached hydrogens (primary N) is 1. The van der Waals surface area contributed by atoms with E-state index < -0.39 is 0 Å². The van der Waals surface area contributed by atoms with E-state index in [0.717, 1.165) is 37.0 Å². The van der Waals surface area contributed by atoms with Crippen molar-refractivity contribution >= 4 is 0 Å². The van der Waals surface area contributed by atoms with Gasteiger partial charge in [-0.1, -0.05) is 0 Å². The van der Waals surface area contributed by atoms with E-state index in [1.165, 1.54) is 12.5 Å². The van der Waals surface area contributed by atoms with Gasteiger partial charge in [0.1, 0.15) is 17.7 Å². The second kappa shape index (κ2) is 3.45. The molecule has 0 saturated heterocycles. The molecule has 3 heteroatoms. The van der Waals surface area contributed by atoms with Crippen LogP contribution in [0.5, 0.6) is 5.75 Å². The third-order valence-corrected chi connectivity index (χ3v) is 3.75. The summed E-state index contributed by atoms with van der Waals surface area (Å²) in [6.45, 7) is 0. The van der Waals surface area contributed by atoms with Crippen LogP contribution in [0.4, 0.5) is 4.39 Å². The lowest BCUT2D eigenvalue weighted by molar-refractivity contribution is 0.132. The maximum Gasteiger partial charge on any atom is 0.123 e. The van der Waals surface area contributed by atoms with Crippen molar-refractivity contribution in [3.8, 4) is 5.75 Å². The molecule has 1 aromatic rings. The standard InChI is InChI=1S/C13H16FNO/c14-10-2-3-12-9(6-10)7-11(16-12)8-13(15)4-1-5-13/h2-3,6,11H,1,4-5,7-8,15H2. The number of fused-ring (bicyclic) bond motifs is 1. The van der Waals surface area contributed by atoms with Crippen LogP contribution in [0.1, 0.15) is 31.2 Å². The number of hydrogen-bond acceptors (Lipinski definition) is 2. The van der Waals surface area contributed by atoms with E-state index in [9.17, 15) is 4.39 Å². The highest BCUT2D eigenvalue weighted by Gasteiger charge is 2.37. The van der Waals surface area contributed by atoms with Gasteiger partial charge in [0.2, 0.25) is 0 Å². The SMILES string of the molecule is NC1(CC2Cc3cc(F)ccc3O2)CCC1. The Bertz CT molecular complexity index is 414. The molecule has 1 aromatic carbocycles. The molecule has 3 rings (SSSR count). The zero-order chi connectivity index (χ0) is 11.2. The van der Waals surface area contributed by atoms with Crippen molar-refractivity contribution in [3.05, 3.63) is 29.6 Å². The van der Waals surface area contributed by atoms with E-state index >= 15 is 0 Å². The minimum Gasteiger partial charge on any atom is -0.490 e. The molecule has 1 unspecified atom stereocenters. The maximum atomic E-state index is 13.0. The average Bonchev–Trinajstić information content (AvgIpc) is 2.56. The lowest BCUT2D eigenvalue weighted by Crippen LogP contribution is -2.49. The maximum absolute atomic E-state index is 13.0. The Morgan fingerprint density at radius 1 is 1.44 bits per heavy atom. The molecule has 16 heavy (non-hydrogen) atoms. The minimum absolute atomic E-state index is 0.0226. The smallest absolute Gasteiger partial charge is 0.123 e. The highest BCUT2D eigenvalue weighted by Crippen LogP contribution is 2.38. The molecule has 2 nitrogen and oxygen atoms in total. The minimum atomic E-state index is -0.186. The van der Waals surface area contributed by atoms with Crippen molar-refractivity contribution < 1.29 is 9.13 Å². The Morgan fingerprint density at radius 2 is 2.25 bits per heavy atom. The summed E-state index contributed by atoms with van der Waals surface area (Å²) in [7, 11) is 0. The number of hydrogen-bond donors (Lipinski definition) is 1. The normalized spacial score (nSPS) is 25.8. The summed E-state index contributed by atoms with van der Waals surface area (Å²) in [5.41, 5.74) is 7.15. The van der Waals surface area contributed by atoms with Gasteiger partial charge in [-0.05, 0) is 37.5 Å². The fourth-order valence-electron chi connectivity index (χ4n) is 2.69. The van der Waals surface area contributed by atoms with Crippen molar-refractivity contribution in [1.82, 2.24) is 0 Å². The first-order chi connectivity index (χ1) is 7.65. The molecule has 1 saturated carbocycles. The fraction of sp³-hybridized carbons (Fsp3) is 0.538. The number of rotatable bonds is 2. The topological polar surface area (TPSA) is 35.2 Å². The largest absolute Gasteiger partial charge is 0.490 e. The Kier molecular flexibility index (Phi) is 2.18. The molecule has 1 aliphatic heterocycles. The summed E-state index contributed by atoms with van der Waals surface area (Å²) in [4.78, 5) is 0. The Morgan fingerprint density at radius 3 is 2.94 bits per heavy atom. The van der Waals surface area contributed by atoms with Crippen LogP contribution in [0.3, 0.4) is 0 Å². The van der Waals surface area contributed by atoms with Gasteiger partial charge in [0.15, 0.2) is 0 Å². The van der Waals surface area contributed by atoms with E-state index in [2.05, 4.69) is 0 Å². The monoisotopic (exact) mass is 221 g/mol. The summed E-state index contributed by atoms with van der Waals surface area (Å²) in [5, 5.41) is 0. The van der Waals surface area contributed by atoms with Crippen LogP contribution >= 0.6 is 0 Å². The van der Waals surface area contributed by atoms with Gasteiger partial charge in [0.25, 0.3) is 0 Å². The van der Waals surface area contributed by atoms with E-state index in [1.807, 2.05) is 0 Å². The number of halogens is 1. The molecule has 0 bridgehead atoms. The molecule has 1 aliphatic carbocycles. The van der Waals surface area contributed by atoms with Gasteiger partial charge >= 0.3 is 0 Å². The Hall–Kier alpha value is -1.09. The lowest BCUT2D eigenvalue weighted by Gasteiger charge is -2.39. The van der Waals surface area contributed by atoms with Gasteiger partial charge in [-0.25, -0.2) is 4.39 Å². The Labute approximate surface area is 94.6 Å². The summed E-state index contributed by atoms with van der Waals surface area (Å²) >= 11 is 0. The first-order valence-electron chi connectivity index (χ1n) is 5.89. The Balaban J connectivity index is 1.70. The van der Waals surface area contributed by atoms with Crippen molar-refractivity contribution in [2.75, 3.05) is 0 Å². The highest BCUT2D eigenvalue weighted by atomic mass is 19.1. The van der Waals surface area contributed by atoms with Crippen molar-refractivity contribution in [1.29, 1.82) is 0 Å². The zero-order valence-corrected chi connectivity index (χ0v) is 9.21. The van der Waals surface area contributed by atoms with Gasteiger partial charge in [0.05, 0.1) is 0 Å². The first kappa shape index (κ1) is 10.1. The van der Waals surface area contributed by atoms with Crippen LogP contribution in [0, 0.1) is 5.82 Å². The number of benzene rings is 1. The molecule has 2 N–H and O–H groups in total. The van der Waals surface area contributed by atoms with Gasteiger partial charge in [-0.15, -0.1) is 0 Å². The van der Waals surface area contributed by atoms with Crippen molar-refractivity contribution in [2.24, 2.45) is 5.73 Å². The molecule has 1 fully saturated rings. The van der Waals surface area contributed by atoms with Crippen LogP contribution in [-0.4, -0.2) is 11.6 Å². The molecular formula is C13H16FNO. The van der Waals surface area contributed by atoms with Crippen molar-refractivity contribution in [3.63, 3.8) is 0 Å². The molecule has 0 aromatic heterocycles. The van der Waals surface area contributed by atoms with E-state index in [1.54, 1.807) is 12.1 Å². The predicted octanol–water partition coefficient (Wildman–Crippen LogP) is 2.40. The van der Waals surface area contributed by atoms with Crippen LogP contribution < -0.4 is 10.5 Å². The highest BCUT2D eigenvalue weighted by molar-refractivity contribution is 5.38. The molecule has 2 aliphatic rings. The van der Waals surface area contributed by atoms with Gasteiger partial charge in [-0.2, -0.15) is 0 Å². The molecule has 0 amide bonds. The van der Waals surface area contributed by atoms with Gasteiger partial charge in [0, 0.05) is 23.9 Å². The molecule has 0 spiro atoms. The van der Waals surface area contributed by atoms with Gasteiger partial charge in [-0.3, -0.25) is 0 Å². The summed E-state index contributed by atoms with van der Waals surface area (Å²) in [5.74, 6) is 0.642. The van der Waals surface area contributed by atoms with E-state index in [4.69, 9.17) is 10.5 Å². The van der Waals surface area contributed by atoms with Crippen molar-refractivity contribution in [2.45, 2.75) is 43.7 Å². The molecular weight excluding hydrogens is 205 g/mol. The predicted molar refractivity (Wildman–Crippen MR) is 59.9 cm³/mol. The lowest BCUT2D eigenvalue weighted by atomic mass is 9.74. The summed E-state index contributed by atoms with van der Waals surface area (Å²) < 4.78 is 18.8. The van der Waals surface area contributed by atoms with Crippen LogP contribution in [0.15, 0.2) is 18.2 Å². The molecule has 86 valence electrons. The van der Waals surface area contributed by atoms with Crippen LogP contribution in [0.2, 0.25) is 0 Å². The molecule has 1 heterocycles. The molecule has 0 radical (unpaired) electrons. The van der Waals surface area contributed by atoms with Gasteiger partial charge < -0.3 is 10.5 Å². The van der Waals surface area contributed by atoms with Crippen LogP contribution in [0.25, 0.3) is 0 Å². The third-order valence-electron chi connectivity index (χ3n) is 3.75. The summed E-state index contributed by atoms with van der Waals surface area (Å²) in [6.07, 6.45) is 5.25. The summed E-state index contributed by atoms with van der Waals surface area (Å²) in [6, 6.07) is 4.73. The molecule has 1 atom stereocenters. The first-order valence-corrected chi connectivity index (χ1v) is 5.89.